The molecule has 1 unspecified atom stereocenters. The Labute approximate surface area is 115 Å². The van der Waals surface area contributed by atoms with Gasteiger partial charge in [-0.1, -0.05) is 19.8 Å². The second-order valence-electron chi connectivity index (χ2n) is 5.16. The zero-order valence-corrected chi connectivity index (χ0v) is 11.9. The molecule has 0 amide bonds. The van der Waals surface area contributed by atoms with Crippen LogP contribution in [0, 0.1) is 5.92 Å². The maximum Gasteiger partial charge on any atom is 0.158 e. The molecule has 1 atom stereocenters. The normalized spacial score (nSPS) is 16.3. The van der Waals surface area contributed by atoms with Crippen molar-refractivity contribution in [2.45, 2.75) is 52.2 Å². The third-order valence-electron chi connectivity index (χ3n) is 3.39. The number of nitrogens with two attached hydrogens (primary N) is 1. The van der Waals surface area contributed by atoms with Crippen molar-refractivity contribution in [3.63, 3.8) is 0 Å². The van der Waals surface area contributed by atoms with E-state index in [1.54, 1.807) is 6.07 Å². The number of hydrogen-bond acceptors (Lipinski definition) is 5. The number of ether oxygens (including phenoxy) is 1. The van der Waals surface area contributed by atoms with Crippen molar-refractivity contribution in [1.29, 1.82) is 0 Å². The molecule has 1 saturated carbocycles. The van der Waals surface area contributed by atoms with Gasteiger partial charge in [-0.15, -0.1) is 0 Å². The molecule has 0 radical (unpaired) electrons. The van der Waals surface area contributed by atoms with Crippen molar-refractivity contribution in [3.05, 3.63) is 11.9 Å². The van der Waals surface area contributed by atoms with Gasteiger partial charge in [0.1, 0.15) is 18.2 Å². The number of hydrogen-bond donors (Lipinski definition) is 2. The molecule has 5 nitrogen and oxygen atoms in total. The first-order valence-electron chi connectivity index (χ1n) is 7.19. The van der Waals surface area contributed by atoms with Gasteiger partial charge in [0, 0.05) is 18.7 Å². The molecule has 0 saturated heterocycles. The lowest BCUT2D eigenvalue weighted by molar-refractivity contribution is 0.128. The quantitative estimate of drug-likeness (QED) is 0.755. The molecule has 1 heterocycles. The molecule has 1 fully saturated rings. The highest BCUT2D eigenvalue weighted by molar-refractivity contribution is 5.45. The van der Waals surface area contributed by atoms with E-state index in [1.807, 2.05) is 6.92 Å². The molecular formula is C14H24N4O. The van der Waals surface area contributed by atoms with Crippen LogP contribution in [0.2, 0.25) is 0 Å². The van der Waals surface area contributed by atoms with Gasteiger partial charge in [0.2, 0.25) is 0 Å². The van der Waals surface area contributed by atoms with Crippen LogP contribution in [0.25, 0.3) is 0 Å². The summed E-state index contributed by atoms with van der Waals surface area (Å²) in [4.78, 5) is 8.64. The van der Waals surface area contributed by atoms with E-state index in [0.717, 1.165) is 18.2 Å². The third kappa shape index (κ3) is 4.67. The van der Waals surface area contributed by atoms with Gasteiger partial charge in [0.05, 0.1) is 0 Å². The predicted octanol–water partition coefficient (Wildman–Crippen LogP) is 2.59. The molecule has 2 rings (SSSR count). The molecule has 1 aliphatic carbocycles. The molecule has 1 aromatic heterocycles. The monoisotopic (exact) mass is 264 g/mol. The zero-order valence-electron chi connectivity index (χ0n) is 11.9. The van der Waals surface area contributed by atoms with Crippen LogP contribution >= 0.6 is 0 Å². The summed E-state index contributed by atoms with van der Waals surface area (Å²) in [6.45, 7) is 5.22. The summed E-state index contributed by atoms with van der Waals surface area (Å²) in [5, 5.41) is 3.47. The number of nitrogens with zero attached hydrogens (tertiary/aromatic N) is 2. The zero-order chi connectivity index (χ0) is 13.7. The van der Waals surface area contributed by atoms with Gasteiger partial charge in [0.15, 0.2) is 5.82 Å². The van der Waals surface area contributed by atoms with Crippen LogP contribution in [-0.2, 0) is 11.3 Å². The predicted molar refractivity (Wildman–Crippen MR) is 76.8 cm³/mol. The van der Waals surface area contributed by atoms with Gasteiger partial charge in [-0.3, -0.25) is 0 Å². The van der Waals surface area contributed by atoms with Crippen LogP contribution in [0.3, 0.4) is 0 Å². The summed E-state index contributed by atoms with van der Waals surface area (Å²) in [5.74, 6) is 2.85. The lowest BCUT2D eigenvalue weighted by atomic mass is 10.1. The van der Waals surface area contributed by atoms with Crippen molar-refractivity contribution in [1.82, 2.24) is 9.97 Å². The van der Waals surface area contributed by atoms with Gasteiger partial charge in [-0.2, -0.15) is 0 Å². The molecule has 19 heavy (non-hydrogen) atoms. The van der Waals surface area contributed by atoms with Gasteiger partial charge < -0.3 is 15.8 Å². The Morgan fingerprint density at radius 3 is 2.84 bits per heavy atom. The summed E-state index contributed by atoms with van der Waals surface area (Å²) in [5.41, 5.74) is 5.82. The first kappa shape index (κ1) is 14.1. The van der Waals surface area contributed by atoms with Gasteiger partial charge in [-0.25, -0.2) is 9.97 Å². The van der Waals surface area contributed by atoms with Gasteiger partial charge >= 0.3 is 0 Å². The van der Waals surface area contributed by atoms with Crippen LogP contribution in [0.5, 0.6) is 0 Å². The molecule has 0 spiro atoms. The lowest BCUT2D eigenvalue weighted by Crippen LogP contribution is -2.20. The van der Waals surface area contributed by atoms with E-state index < -0.39 is 0 Å². The van der Waals surface area contributed by atoms with Crippen molar-refractivity contribution in [2.24, 2.45) is 5.92 Å². The maximum atomic E-state index is 5.82. The summed E-state index contributed by atoms with van der Waals surface area (Å²) in [6, 6.07) is 2.27. The fourth-order valence-electron chi connectivity index (χ4n) is 2.14. The molecule has 3 N–H and O–H groups in total. The molecule has 1 aromatic rings. The molecule has 0 aromatic carbocycles. The standard InChI is InChI=1S/C14H24N4O/c1-3-11(7-10-5-6-10)16-13-8-12(15)17-14(18-13)9-19-4-2/h8,10-11H,3-7,9H2,1-2H3,(H3,15,16,17,18). The highest BCUT2D eigenvalue weighted by Crippen LogP contribution is 2.34. The number of nitrogens with one attached hydrogen (secondary N) is 1. The van der Waals surface area contributed by atoms with Crippen molar-refractivity contribution in [3.8, 4) is 0 Å². The second kappa shape index (κ2) is 6.70. The SMILES string of the molecule is CCOCc1nc(N)cc(NC(CC)CC2CC2)n1. The van der Waals surface area contributed by atoms with E-state index >= 15 is 0 Å². The summed E-state index contributed by atoms with van der Waals surface area (Å²) < 4.78 is 5.33. The minimum Gasteiger partial charge on any atom is -0.384 e. The van der Waals surface area contributed by atoms with E-state index in [0.29, 0.717) is 30.9 Å². The Kier molecular flexibility index (Phi) is 4.96. The number of rotatable bonds is 8. The smallest absolute Gasteiger partial charge is 0.158 e. The van der Waals surface area contributed by atoms with Crippen molar-refractivity contribution >= 4 is 11.6 Å². The largest absolute Gasteiger partial charge is 0.384 e. The Morgan fingerprint density at radius 1 is 1.42 bits per heavy atom. The number of anilines is 2. The molecule has 0 aliphatic heterocycles. The highest BCUT2D eigenvalue weighted by Gasteiger charge is 2.24. The number of aromatic nitrogens is 2. The van der Waals surface area contributed by atoms with Gasteiger partial charge in [0.25, 0.3) is 0 Å². The lowest BCUT2D eigenvalue weighted by Gasteiger charge is -2.18. The van der Waals surface area contributed by atoms with Crippen LogP contribution in [0.4, 0.5) is 11.6 Å². The van der Waals surface area contributed by atoms with Crippen molar-refractivity contribution in [2.75, 3.05) is 17.7 Å². The molecule has 1 aliphatic rings. The highest BCUT2D eigenvalue weighted by atomic mass is 16.5. The van der Waals surface area contributed by atoms with E-state index in [-0.39, 0.29) is 0 Å². The van der Waals surface area contributed by atoms with Crippen LogP contribution in [-0.4, -0.2) is 22.6 Å². The van der Waals surface area contributed by atoms with E-state index in [4.69, 9.17) is 10.5 Å². The fourth-order valence-corrected chi connectivity index (χ4v) is 2.14. The summed E-state index contributed by atoms with van der Waals surface area (Å²) in [7, 11) is 0. The first-order chi connectivity index (χ1) is 9.21. The molecule has 106 valence electrons. The Morgan fingerprint density at radius 2 is 2.21 bits per heavy atom. The average molecular weight is 264 g/mol. The summed E-state index contributed by atoms with van der Waals surface area (Å²) in [6.07, 6.45) is 5.07. The van der Waals surface area contributed by atoms with E-state index in [2.05, 4.69) is 22.2 Å². The maximum absolute atomic E-state index is 5.82. The van der Waals surface area contributed by atoms with Gasteiger partial charge in [-0.05, 0) is 25.7 Å². The van der Waals surface area contributed by atoms with Crippen LogP contribution < -0.4 is 11.1 Å². The van der Waals surface area contributed by atoms with Crippen LogP contribution in [0.15, 0.2) is 6.07 Å². The second-order valence-corrected chi connectivity index (χ2v) is 5.16. The third-order valence-corrected chi connectivity index (χ3v) is 3.39. The first-order valence-corrected chi connectivity index (χ1v) is 7.19. The topological polar surface area (TPSA) is 73.1 Å². The molecule has 0 bridgehead atoms. The molecule has 5 heteroatoms. The van der Waals surface area contributed by atoms with E-state index in [9.17, 15) is 0 Å². The fraction of sp³-hybridized carbons (Fsp3) is 0.714. The average Bonchev–Trinajstić information content (AvgIpc) is 3.19. The minimum absolute atomic E-state index is 0.412. The molecular weight excluding hydrogens is 240 g/mol. The Hall–Kier alpha value is -1.36. The van der Waals surface area contributed by atoms with E-state index in [1.165, 1.54) is 19.3 Å². The Bertz CT molecular complexity index is 406. The van der Waals surface area contributed by atoms with Crippen molar-refractivity contribution < 1.29 is 4.74 Å². The Balaban J connectivity index is 1.98. The summed E-state index contributed by atoms with van der Waals surface area (Å²) >= 11 is 0. The van der Waals surface area contributed by atoms with Crippen LogP contribution in [0.1, 0.15) is 45.4 Å². The minimum atomic E-state index is 0.412. The number of nitrogen functional groups attached to an aromatic ring is 1.